The highest BCUT2D eigenvalue weighted by Gasteiger charge is 2.17. The monoisotopic (exact) mass is 446 g/mol. The number of hydrogen-bond acceptors (Lipinski definition) is 7. The molecule has 0 saturated heterocycles. The van der Waals surface area contributed by atoms with E-state index in [9.17, 15) is 4.79 Å². The molecule has 0 fully saturated rings. The average Bonchev–Trinajstić information content (AvgIpc) is 3.15. The first-order chi connectivity index (χ1) is 13.5. The first kappa shape index (κ1) is 20.7. The minimum Gasteiger partial charge on any atom is -0.300 e. The van der Waals surface area contributed by atoms with Crippen LogP contribution in [-0.4, -0.2) is 21.4 Å². The van der Waals surface area contributed by atoms with Gasteiger partial charge in [-0.1, -0.05) is 46.8 Å². The number of carbonyl (C=O) groups excluding carboxylic acids is 1. The van der Waals surface area contributed by atoms with Gasteiger partial charge in [0.25, 0.3) is 0 Å². The van der Waals surface area contributed by atoms with Crippen LogP contribution in [0.4, 0.5) is 5.13 Å². The molecule has 3 rings (SSSR count). The molecule has 0 saturated carbocycles. The number of thioether (sulfide) groups is 2. The normalized spacial score (nSPS) is 11.6. The number of rotatable bonds is 7. The van der Waals surface area contributed by atoms with Crippen molar-refractivity contribution in [2.24, 2.45) is 0 Å². The van der Waals surface area contributed by atoms with Crippen molar-refractivity contribution in [3.05, 3.63) is 64.7 Å². The fourth-order valence-electron chi connectivity index (χ4n) is 2.12. The van der Waals surface area contributed by atoms with Crippen molar-refractivity contribution in [2.75, 3.05) is 5.32 Å². The Morgan fingerprint density at radius 3 is 2.61 bits per heavy atom. The summed E-state index contributed by atoms with van der Waals surface area (Å²) in [5, 5.41) is 20.7. The Labute approximate surface area is 180 Å². The number of nitriles is 1. The second kappa shape index (κ2) is 9.94. The Morgan fingerprint density at radius 1 is 1.21 bits per heavy atom. The van der Waals surface area contributed by atoms with E-state index in [2.05, 4.69) is 21.6 Å². The molecule has 1 amide bonds. The molecule has 1 N–H and O–H groups in total. The molecule has 1 aromatic heterocycles. The Hall–Kier alpha value is -2.05. The molecular formula is C19H15ClN4OS3. The summed E-state index contributed by atoms with van der Waals surface area (Å²) < 4.78 is 0.776. The van der Waals surface area contributed by atoms with Crippen molar-refractivity contribution in [3.8, 4) is 6.07 Å². The number of hydrogen-bond donors (Lipinski definition) is 1. The zero-order valence-corrected chi connectivity index (χ0v) is 18.0. The van der Waals surface area contributed by atoms with Gasteiger partial charge in [-0.2, -0.15) is 5.26 Å². The summed E-state index contributed by atoms with van der Waals surface area (Å²) in [6.45, 7) is 1.84. The van der Waals surface area contributed by atoms with Gasteiger partial charge in [0.05, 0.1) is 16.9 Å². The van der Waals surface area contributed by atoms with Crippen molar-refractivity contribution in [3.63, 3.8) is 0 Å². The summed E-state index contributed by atoms with van der Waals surface area (Å²) in [7, 11) is 0. The zero-order chi connectivity index (χ0) is 19.9. The second-order valence-corrected chi connectivity index (χ2v) is 9.72. The Morgan fingerprint density at radius 2 is 1.93 bits per heavy atom. The van der Waals surface area contributed by atoms with Crippen LogP contribution in [0.5, 0.6) is 0 Å². The number of carbonyl (C=O) groups is 1. The average molecular weight is 447 g/mol. The van der Waals surface area contributed by atoms with E-state index >= 15 is 0 Å². The first-order valence-corrected chi connectivity index (χ1v) is 11.3. The van der Waals surface area contributed by atoms with Crippen LogP contribution < -0.4 is 5.32 Å². The number of aromatic nitrogens is 2. The lowest BCUT2D eigenvalue weighted by Gasteiger charge is -2.10. The third-order valence-corrected chi connectivity index (χ3v) is 6.98. The molecule has 0 aliphatic carbocycles. The summed E-state index contributed by atoms with van der Waals surface area (Å²) in [4.78, 5) is 13.4. The van der Waals surface area contributed by atoms with Gasteiger partial charge in [-0.05, 0) is 48.9 Å². The summed E-state index contributed by atoms with van der Waals surface area (Å²) in [6.07, 6.45) is 0. The van der Waals surface area contributed by atoms with E-state index in [0.29, 0.717) is 15.7 Å². The number of nitrogens with one attached hydrogen (secondary N) is 1. The van der Waals surface area contributed by atoms with Gasteiger partial charge in [-0.25, -0.2) is 0 Å². The third-order valence-electron chi connectivity index (χ3n) is 3.58. The molecule has 1 unspecified atom stereocenters. The Kier molecular flexibility index (Phi) is 7.34. The van der Waals surface area contributed by atoms with Crippen molar-refractivity contribution >= 4 is 57.5 Å². The highest BCUT2D eigenvalue weighted by molar-refractivity contribution is 8.00. The van der Waals surface area contributed by atoms with Crippen molar-refractivity contribution in [1.29, 1.82) is 5.26 Å². The lowest BCUT2D eigenvalue weighted by molar-refractivity contribution is -0.115. The van der Waals surface area contributed by atoms with Gasteiger partial charge >= 0.3 is 0 Å². The molecule has 142 valence electrons. The molecular weight excluding hydrogens is 432 g/mol. The van der Waals surface area contributed by atoms with E-state index in [0.717, 1.165) is 20.6 Å². The molecule has 1 atom stereocenters. The number of nitrogens with zero attached hydrogens (tertiary/aromatic N) is 3. The van der Waals surface area contributed by atoms with Crippen LogP contribution in [0.25, 0.3) is 0 Å². The highest BCUT2D eigenvalue weighted by atomic mass is 35.5. The van der Waals surface area contributed by atoms with Crippen LogP contribution in [0, 0.1) is 11.3 Å². The van der Waals surface area contributed by atoms with Gasteiger partial charge in [0.2, 0.25) is 11.0 Å². The number of halogens is 1. The van der Waals surface area contributed by atoms with Gasteiger partial charge < -0.3 is 0 Å². The number of anilines is 1. The minimum absolute atomic E-state index is 0.125. The molecule has 0 bridgehead atoms. The molecule has 0 spiro atoms. The van der Waals surface area contributed by atoms with E-state index in [-0.39, 0.29) is 11.2 Å². The third kappa shape index (κ3) is 5.97. The van der Waals surface area contributed by atoms with E-state index in [4.69, 9.17) is 16.9 Å². The predicted molar refractivity (Wildman–Crippen MR) is 116 cm³/mol. The van der Waals surface area contributed by atoms with Crippen LogP contribution in [-0.2, 0) is 10.5 Å². The zero-order valence-electron chi connectivity index (χ0n) is 14.8. The topological polar surface area (TPSA) is 78.7 Å². The van der Waals surface area contributed by atoms with Crippen LogP contribution in [0.2, 0.25) is 5.02 Å². The maximum Gasteiger partial charge on any atom is 0.239 e. The van der Waals surface area contributed by atoms with Gasteiger partial charge in [0, 0.05) is 15.7 Å². The van der Waals surface area contributed by atoms with Gasteiger partial charge in [-0.15, -0.1) is 22.0 Å². The van der Waals surface area contributed by atoms with E-state index in [1.807, 2.05) is 31.2 Å². The van der Waals surface area contributed by atoms with Gasteiger partial charge in [0.15, 0.2) is 4.34 Å². The molecule has 3 aromatic rings. The van der Waals surface area contributed by atoms with E-state index in [1.165, 1.54) is 23.1 Å². The van der Waals surface area contributed by atoms with Crippen molar-refractivity contribution in [1.82, 2.24) is 10.2 Å². The summed E-state index contributed by atoms with van der Waals surface area (Å²) in [6, 6.07) is 16.9. The van der Waals surface area contributed by atoms with E-state index < -0.39 is 0 Å². The Balaban J connectivity index is 1.50. The molecule has 9 heteroatoms. The second-order valence-electron chi connectivity index (χ2n) is 5.67. The quantitative estimate of drug-likeness (QED) is 0.382. The Bertz CT molecular complexity index is 984. The van der Waals surface area contributed by atoms with Crippen LogP contribution in [0.1, 0.15) is 18.1 Å². The lowest BCUT2D eigenvalue weighted by Crippen LogP contribution is -2.22. The predicted octanol–water partition coefficient (Wildman–Crippen LogP) is 5.47. The molecule has 0 aliphatic rings. The smallest absolute Gasteiger partial charge is 0.239 e. The van der Waals surface area contributed by atoms with Gasteiger partial charge in [-0.3, -0.25) is 10.1 Å². The molecule has 2 aromatic carbocycles. The standard InChI is InChI=1S/C19H15ClN4OS3/c1-12(27-16-8-6-15(20)7-9-16)17(25)22-18-23-24-19(28-18)26-11-14-4-2-13(10-21)3-5-14/h2-9,12H,11H2,1H3,(H,22,23,25). The maximum absolute atomic E-state index is 12.4. The molecule has 28 heavy (non-hydrogen) atoms. The molecule has 1 heterocycles. The first-order valence-electron chi connectivity index (χ1n) is 8.22. The van der Waals surface area contributed by atoms with Crippen molar-refractivity contribution in [2.45, 2.75) is 27.2 Å². The number of benzene rings is 2. The summed E-state index contributed by atoms with van der Waals surface area (Å²) in [5.74, 6) is 0.594. The summed E-state index contributed by atoms with van der Waals surface area (Å²) in [5.41, 5.74) is 1.73. The number of amides is 1. The van der Waals surface area contributed by atoms with Crippen LogP contribution in [0.3, 0.4) is 0 Å². The molecule has 0 radical (unpaired) electrons. The van der Waals surface area contributed by atoms with Crippen LogP contribution >= 0.6 is 46.5 Å². The SMILES string of the molecule is CC(Sc1ccc(Cl)cc1)C(=O)Nc1nnc(SCc2ccc(C#N)cc2)s1. The minimum atomic E-state index is -0.278. The fraction of sp³-hybridized carbons (Fsp3) is 0.158. The lowest BCUT2D eigenvalue weighted by atomic mass is 10.2. The maximum atomic E-state index is 12.4. The largest absolute Gasteiger partial charge is 0.300 e. The van der Waals surface area contributed by atoms with Crippen LogP contribution in [0.15, 0.2) is 57.8 Å². The van der Waals surface area contributed by atoms with E-state index in [1.54, 1.807) is 36.0 Å². The van der Waals surface area contributed by atoms with Crippen molar-refractivity contribution < 1.29 is 4.79 Å². The molecule has 0 aliphatic heterocycles. The molecule has 5 nitrogen and oxygen atoms in total. The van der Waals surface area contributed by atoms with Gasteiger partial charge in [0.1, 0.15) is 0 Å². The highest BCUT2D eigenvalue weighted by Crippen LogP contribution is 2.30. The summed E-state index contributed by atoms with van der Waals surface area (Å²) >= 11 is 10.2. The fourth-order valence-corrected chi connectivity index (χ4v) is 4.82.